The normalized spacial score (nSPS) is 14.2. The van der Waals surface area contributed by atoms with Gasteiger partial charge in [0.1, 0.15) is 12.1 Å². The van der Waals surface area contributed by atoms with E-state index in [4.69, 9.17) is 9.72 Å². The van der Waals surface area contributed by atoms with E-state index in [1.807, 2.05) is 6.92 Å². The molecule has 0 aliphatic rings. The van der Waals surface area contributed by atoms with Crippen molar-refractivity contribution in [1.82, 2.24) is 9.55 Å². The maximum absolute atomic E-state index is 5.84. The van der Waals surface area contributed by atoms with Crippen LogP contribution in [0, 0.1) is 19.8 Å². The quantitative estimate of drug-likeness (QED) is 0.659. The number of hydrogen-bond donors (Lipinski definition) is 0. The van der Waals surface area contributed by atoms with Gasteiger partial charge >= 0.3 is 0 Å². The van der Waals surface area contributed by atoms with Crippen LogP contribution in [0.25, 0.3) is 16.6 Å². The van der Waals surface area contributed by atoms with Gasteiger partial charge in [0.15, 0.2) is 0 Å². The van der Waals surface area contributed by atoms with Gasteiger partial charge in [0.2, 0.25) is 0 Å². The molecule has 1 heterocycles. The van der Waals surface area contributed by atoms with Crippen LogP contribution in [0.4, 0.5) is 0 Å². The lowest BCUT2D eigenvalue weighted by molar-refractivity contribution is 0.0257. The number of benzene rings is 1. The molecular weight excluding hydrogens is 284 g/mol. The first kappa shape index (κ1) is 17.7. The molecule has 23 heavy (non-hydrogen) atoms. The van der Waals surface area contributed by atoms with Crippen LogP contribution in [0.5, 0.6) is 0 Å². The summed E-state index contributed by atoms with van der Waals surface area (Å²) < 4.78 is 8.10. The summed E-state index contributed by atoms with van der Waals surface area (Å²) in [4.78, 5) is 4.78. The van der Waals surface area contributed by atoms with Gasteiger partial charge in [-0.3, -0.25) is 0 Å². The topological polar surface area (TPSA) is 27.1 Å². The van der Waals surface area contributed by atoms with Crippen LogP contribution in [0.15, 0.2) is 18.7 Å². The summed E-state index contributed by atoms with van der Waals surface area (Å²) in [5, 5.41) is 0. The molecule has 1 aromatic carbocycles. The first-order chi connectivity index (χ1) is 10.9. The molecule has 0 bridgehead atoms. The number of aryl methyl sites for hydroxylation is 2. The van der Waals surface area contributed by atoms with E-state index in [-0.39, 0.29) is 6.23 Å². The average molecular weight is 314 g/mol. The van der Waals surface area contributed by atoms with E-state index in [9.17, 15) is 0 Å². The van der Waals surface area contributed by atoms with Crippen molar-refractivity contribution in [2.75, 3.05) is 7.11 Å². The van der Waals surface area contributed by atoms with Gasteiger partial charge in [-0.2, -0.15) is 0 Å². The molecule has 0 spiro atoms. The van der Waals surface area contributed by atoms with Crippen molar-refractivity contribution in [3.8, 4) is 0 Å². The van der Waals surface area contributed by atoms with Crippen LogP contribution >= 0.6 is 0 Å². The zero-order valence-corrected chi connectivity index (χ0v) is 15.4. The minimum Gasteiger partial charge on any atom is -0.361 e. The second-order valence-electron chi connectivity index (χ2n) is 6.79. The third-order valence-corrected chi connectivity index (χ3v) is 4.59. The van der Waals surface area contributed by atoms with E-state index in [0.29, 0.717) is 5.92 Å². The van der Waals surface area contributed by atoms with Gasteiger partial charge in [-0.05, 0) is 56.4 Å². The molecule has 0 aliphatic heterocycles. The molecule has 0 amide bonds. The van der Waals surface area contributed by atoms with Crippen LogP contribution in [0.1, 0.15) is 63.2 Å². The van der Waals surface area contributed by atoms with Gasteiger partial charge in [-0.25, -0.2) is 4.98 Å². The molecule has 2 rings (SSSR count). The highest BCUT2D eigenvalue weighted by molar-refractivity contribution is 5.84. The van der Waals surface area contributed by atoms with Gasteiger partial charge in [-0.1, -0.05) is 38.8 Å². The van der Waals surface area contributed by atoms with Crippen LogP contribution in [0.2, 0.25) is 0 Å². The number of aromatic nitrogens is 2. The van der Waals surface area contributed by atoms with Gasteiger partial charge in [0.25, 0.3) is 0 Å². The van der Waals surface area contributed by atoms with Gasteiger partial charge < -0.3 is 9.30 Å². The molecule has 0 saturated heterocycles. The molecule has 2 aromatic rings. The summed E-state index contributed by atoms with van der Waals surface area (Å²) in [6.07, 6.45) is 3.49. The first-order valence-corrected chi connectivity index (χ1v) is 8.56. The van der Waals surface area contributed by atoms with Crippen molar-refractivity contribution in [1.29, 1.82) is 0 Å². The van der Waals surface area contributed by atoms with Crippen molar-refractivity contribution in [3.63, 3.8) is 0 Å². The number of fused-ring (bicyclic) bond motifs is 1. The maximum Gasteiger partial charge on any atom is 0.135 e. The van der Waals surface area contributed by atoms with Crippen LogP contribution < -0.4 is 0 Å². The zero-order chi connectivity index (χ0) is 17.1. The van der Waals surface area contributed by atoms with Crippen molar-refractivity contribution in [2.24, 2.45) is 5.92 Å². The number of allylic oxidation sites excluding steroid dienone is 1. The third-order valence-electron chi connectivity index (χ3n) is 4.59. The average Bonchev–Trinajstić information content (AvgIpc) is 2.81. The largest absolute Gasteiger partial charge is 0.361 e. The van der Waals surface area contributed by atoms with Crippen LogP contribution in [0.3, 0.4) is 0 Å². The van der Waals surface area contributed by atoms with E-state index >= 15 is 0 Å². The molecule has 1 aromatic heterocycles. The summed E-state index contributed by atoms with van der Waals surface area (Å²) in [6.45, 7) is 14.8. The Morgan fingerprint density at radius 3 is 2.61 bits per heavy atom. The van der Waals surface area contributed by atoms with Crippen molar-refractivity contribution >= 4 is 16.6 Å². The molecule has 3 heteroatoms. The Balaban J connectivity index is 2.51. The molecular formula is C20H30N2O. The SMILES string of the molecule is C=C(C)c1cc(C)c2c(c1)nc(C)n2C(C[C@H](C)CCC)OC. The Morgan fingerprint density at radius 2 is 2.04 bits per heavy atom. The van der Waals surface area contributed by atoms with E-state index < -0.39 is 0 Å². The summed E-state index contributed by atoms with van der Waals surface area (Å²) in [5.41, 5.74) is 5.68. The summed E-state index contributed by atoms with van der Waals surface area (Å²) >= 11 is 0. The van der Waals surface area contributed by atoms with Gasteiger partial charge in [0.05, 0.1) is 11.0 Å². The van der Waals surface area contributed by atoms with Crippen molar-refractivity contribution in [3.05, 3.63) is 35.7 Å². The standard InChI is InChI=1S/C20H30N2O/c1-8-9-14(4)10-19(23-7)22-16(6)21-18-12-17(13(2)3)11-15(5)20(18)22/h11-12,14,19H,2,8-10H2,1,3-7H3/t14-,19?/m1/s1. The number of methoxy groups -OCH3 is 1. The maximum atomic E-state index is 5.84. The third kappa shape index (κ3) is 3.66. The fourth-order valence-electron chi connectivity index (χ4n) is 3.41. The molecule has 0 saturated carbocycles. The predicted octanol–water partition coefficient (Wildman–Crippen LogP) is 5.66. The summed E-state index contributed by atoms with van der Waals surface area (Å²) in [6, 6.07) is 4.33. The molecule has 3 nitrogen and oxygen atoms in total. The van der Waals surface area contributed by atoms with Gasteiger partial charge in [-0.15, -0.1) is 0 Å². The van der Waals surface area contributed by atoms with Crippen LogP contribution in [-0.4, -0.2) is 16.7 Å². The second kappa shape index (κ2) is 7.31. The molecule has 0 radical (unpaired) electrons. The Hall–Kier alpha value is -1.61. The first-order valence-electron chi connectivity index (χ1n) is 8.56. The highest BCUT2D eigenvalue weighted by Gasteiger charge is 2.20. The lowest BCUT2D eigenvalue weighted by Crippen LogP contribution is -2.16. The number of imidazole rings is 1. The smallest absolute Gasteiger partial charge is 0.135 e. The highest BCUT2D eigenvalue weighted by atomic mass is 16.5. The number of nitrogens with zero attached hydrogens (tertiary/aromatic N) is 2. The molecule has 1 unspecified atom stereocenters. The molecule has 0 fully saturated rings. The zero-order valence-electron chi connectivity index (χ0n) is 15.4. The monoisotopic (exact) mass is 314 g/mol. The fraction of sp³-hybridized carbons (Fsp3) is 0.550. The Bertz CT molecular complexity index is 699. The highest BCUT2D eigenvalue weighted by Crippen LogP contribution is 2.31. The Morgan fingerprint density at radius 1 is 1.35 bits per heavy atom. The number of hydrogen-bond acceptors (Lipinski definition) is 2. The van der Waals surface area contributed by atoms with Crippen molar-refractivity contribution in [2.45, 2.75) is 60.1 Å². The van der Waals surface area contributed by atoms with E-state index in [0.717, 1.165) is 28.9 Å². The minimum absolute atomic E-state index is 0.0379. The lowest BCUT2D eigenvalue weighted by Gasteiger charge is -2.23. The van der Waals surface area contributed by atoms with E-state index in [1.165, 1.54) is 23.9 Å². The summed E-state index contributed by atoms with van der Waals surface area (Å²) in [5.74, 6) is 1.65. The van der Waals surface area contributed by atoms with E-state index in [2.05, 4.69) is 51.0 Å². The fourth-order valence-corrected chi connectivity index (χ4v) is 3.41. The minimum atomic E-state index is 0.0379. The second-order valence-corrected chi connectivity index (χ2v) is 6.79. The molecule has 0 N–H and O–H groups in total. The Kier molecular flexibility index (Phi) is 5.64. The number of ether oxygens (including phenoxy) is 1. The van der Waals surface area contributed by atoms with E-state index in [1.54, 1.807) is 7.11 Å². The summed E-state index contributed by atoms with van der Waals surface area (Å²) in [7, 11) is 1.80. The van der Waals surface area contributed by atoms with Crippen LogP contribution in [-0.2, 0) is 4.74 Å². The molecule has 0 aliphatic carbocycles. The molecule has 126 valence electrons. The Labute approximate surface area is 140 Å². The van der Waals surface area contributed by atoms with Gasteiger partial charge in [0, 0.05) is 7.11 Å². The lowest BCUT2D eigenvalue weighted by atomic mass is 10.0. The number of rotatable bonds is 7. The predicted molar refractivity (Wildman–Crippen MR) is 98.7 cm³/mol. The van der Waals surface area contributed by atoms with Crippen molar-refractivity contribution < 1.29 is 4.74 Å². The molecule has 2 atom stereocenters.